The predicted octanol–water partition coefficient (Wildman–Crippen LogP) is 8.23. The Kier molecular flexibility index (Phi) is 11.2. The molecular weight excluding hydrogens is 428 g/mol. The van der Waals surface area contributed by atoms with E-state index >= 15 is 0 Å². The summed E-state index contributed by atoms with van der Waals surface area (Å²) in [5, 5.41) is 5.20. The molecule has 4 nitrogen and oxygen atoms in total. The van der Waals surface area contributed by atoms with Gasteiger partial charge in [0, 0.05) is 56.1 Å². The van der Waals surface area contributed by atoms with Crippen LogP contribution in [0.2, 0.25) is 0 Å². The van der Waals surface area contributed by atoms with Gasteiger partial charge < -0.3 is 4.90 Å². The molecule has 0 atom stereocenters. The molecule has 190 valence electrons. The number of aryl methyl sites for hydroxylation is 2. The van der Waals surface area contributed by atoms with Crippen LogP contribution in [-0.2, 0) is 6.54 Å². The number of hydrogen-bond acceptors (Lipinski definition) is 3. The van der Waals surface area contributed by atoms with Gasteiger partial charge in [-0.05, 0) is 75.1 Å². The summed E-state index contributed by atoms with van der Waals surface area (Å²) < 4.78 is 2.17. The monoisotopic (exact) mass is 474 g/mol. The van der Waals surface area contributed by atoms with E-state index in [4.69, 9.17) is 5.10 Å². The Morgan fingerprint density at radius 3 is 2.54 bits per heavy atom. The Hall–Kier alpha value is -2.88. The van der Waals surface area contributed by atoms with Crippen molar-refractivity contribution in [3.05, 3.63) is 72.2 Å². The van der Waals surface area contributed by atoms with Crippen LogP contribution in [0.1, 0.15) is 76.5 Å². The van der Waals surface area contributed by atoms with Gasteiger partial charge in [0.15, 0.2) is 0 Å². The molecule has 0 aliphatic carbocycles. The van der Waals surface area contributed by atoms with E-state index in [1.54, 1.807) is 0 Å². The van der Waals surface area contributed by atoms with E-state index in [-0.39, 0.29) is 5.41 Å². The van der Waals surface area contributed by atoms with Crippen LogP contribution in [0.5, 0.6) is 0 Å². The van der Waals surface area contributed by atoms with Gasteiger partial charge in [-0.1, -0.05) is 51.0 Å². The third-order valence-electron chi connectivity index (χ3n) is 7.09. The van der Waals surface area contributed by atoms with Gasteiger partial charge in [0.05, 0.1) is 0 Å². The van der Waals surface area contributed by atoms with E-state index in [9.17, 15) is 0 Å². The average molecular weight is 475 g/mol. The number of hydrogen-bond donors (Lipinski definition) is 0. The molecule has 4 heteroatoms. The predicted molar refractivity (Wildman–Crippen MR) is 154 cm³/mol. The van der Waals surface area contributed by atoms with Crippen molar-refractivity contribution in [3.8, 4) is 11.3 Å². The zero-order valence-electron chi connectivity index (χ0n) is 23.1. The van der Waals surface area contributed by atoms with Crippen molar-refractivity contribution in [2.45, 2.75) is 80.2 Å². The van der Waals surface area contributed by atoms with Gasteiger partial charge in [0.1, 0.15) is 5.69 Å². The minimum absolute atomic E-state index is 0.173. The maximum absolute atomic E-state index is 5.20. The second kappa shape index (κ2) is 13.9. The van der Waals surface area contributed by atoms with E-state index in [1.807, 2.05) is 24.7 Å². The SMILES string of the molecule is C=CCC(CC)(CC)Cn1cc(\C(=C/N=C\C=C/N(C)CC)CCC)c(-c2cc(C)ccc2C)n1. The van der Waals surface area contributed by atoms with Crippen molar-refractivity contribution < 1.29 is 0 Å². The van der Waals surface area contributed by atoms with Crippen LogP contribution in [0, 0.1) is 19.3 Å². The smallest absolute Gasteiger partial charge is 0.100 e. The number of rotatable bonds is 14. The highest BCUT2D eigenvalue weighted by Crippen LogP contribution is 2.36. The van der Waals surface area contributed by atoms with Gasteiger partial charge in [0.25, 0.3) is 0 Å². The maximum atomic E-state index is 5.20. The average Bonchev–Trinajstić information content (AvgIpc) is 3.27. The van der Waals surface area contributed by atoms with Gasteiger partial charge in [-0.2, -0.15) is 5.10 Å². The van der Waals surface area contributed by atoms with Gasteiger partial charge in [-0.15, -0.1) is 6.58 Å². The first-order chi connectivity index (χ1) is 16.8. The third-order valence-corrected chi connectivity index (χ3v) is 7.09. The lowest BCUT2D eigenvalue weighted by Gasteiger charge is -2.30. The van der Waals surface area contributed by atoms with Crippen molar-refractivity contribution in [2.24, 2.45) is 10.4 Å². The summed E-state index contributed by atoms with van der Waals surface area (Å²) in [6.45, 7) is 19.1. The molecule has 0 saturated heterocycles. The first-order valence-corrected chi connectivity index (χ1v) is 13.2. The van der Waals surface area contributed by atoms with Gasteiger partial charge in [-0.25, -0.2) is 0 Å². The van der Waals surface area contributed by atoms with Gasteiger partial charge in [0.2, 0.25) is 0 Å². The fourth-order valence-corrected chi connectivity index (χ4v) is 4.42. The summed E-state index contributed by atoms with van der Waals surface area (Å²) in [7, 11) is 2.06. The zero-order valence-corrected chi connectivity index (χ0v) is 23.1. The quantitative estimate of drug-likeness (QED) is 0.204. The molecule has 1 heterocycles. The molecule has 0 unspecified atom stereocenters. The van der Waals surface area contributed by atoms with Crippen LogP contribution >= 0.6 is 0 Å². The largest absolute Gasteiger partial charge is 0.381 e. The van der Waals surface area contributed by atoms with Crippen LogP contribution in [0.4, 0.5) is 0 Å². The molecule has 1 aromatic carbocycles. The summed E-state index contributed by atoms with van der Waals surface area (Å²) in [4.78, 5) is 6.77. The Bertz CT molecular complexity index is 1030. The first kappa shape index (κ1) is 28.4. The molecule has 0 spiro atoms. The summed E-state index contributed by atoms with van der Waals surface area (Å²) in [6, 6.07) is 6.63. The third kappa shape index (κ3) is 7.81. The highest BCUT2D eigenvalue weighted by molar-refractivity contribution is 5.81. The molecule has 0 bridgehead atoms. The van der Waals surface area contributed by atoms with E-state index < -0.39 is 0 Å². The van der Waals surface area contributed by atoms with Gasteiger partial charge in [-0.3, -0.25) is 9.67 Å². The van der Waals surface area contributed by atoms with Crippen molar-refractivity contribution in [3.63, 3.8) is 0 Å². The fraction of sp³-hybridized carbons (Fsp3) is 0.484. The molecule has 0 aliphatic heterocycles. The van der Waals surface area contributed by atoms with Crippen LogP contribution in [0.25, 0.3) is 16.8 Å². The van der Waals surface area contributed by atoms with Crippen molar-refractivity contribution in [1.29, 1.82) is 0 Å². The Balaban J connectivity index is 2.60. The zero-order chi connectivity index (χ0) is 25.8. The molecular formula is C31H46N4. The Labute approximate surface area is 214 Å². The van der Waals surface area contributed by atoms with E-state index in [1.165, 1.54) is 27.8 Å². The summed E-state index contributed by atoms with van der Waals surface area (Å²) in [6.07, 6.45) is 17.4. The number of allylic oxidation sites excluding steroid dienone is 3. The first-order valence-electron chi connectivity index (χ1n) is 13.2. The standard InChI is InChI=1S/C31H46N4/c1-9-15-27(22-32-19-14-20-34(8)13-5)29-23-35(24-31(11-3,12-4)18-10-2)33-30(29)28-21-25(6)16-17-26(28)7/h10,14,16-17,19-23H,2,9,11-13,15,18,24H2,1,3-8H3/b20-14-,27-22-,32-19-. The molecule has 1 aromatic heterocycles. The molecule has 35 heavy (non-hydrogen) atoms. The molecule has 0 radical (unpaired) electrons. The minimum atomic E-state index is 0.173. The second-order valence-corrected chi connectivity index (χ2v) is 9.72. The lowest BCUT2D eigenvalue weighted by atomic mass is 9.79. The van der Waals surface area contributed by atoms with Crippen molar-refractivity contribution in [2.75, 3.05) is 13.6 Å². The fourth-order valence-electron chi connectivity index (χ4n) is 4.42. The molecule has 0 fully saturated rings. The second-order valence-electron chi connectivity index (χ2n) is 9.72. The number of benzene rings is 1. The molecule has 2 rings (SSSR count). The number of aliphatic imine (C=N–C) groups is 1. The highest BCUT2D eigenvalue weighted by Gasteiger charge is 2.27. The van der Waals surface area contributed by atoms with Crippen LogP contribution in [0.15, 0.2) is 60.5 Å². The topological polar surface area (TPSA) is 33.4 Å². The van der Waals surface area contributed by atoms with E-state index in [0.29, 0.717) is 0 Å². The molecule has 0 amide bonds. The lowest BCUT2D eigenvalue weighted by Crippen LogP contribution is -2.25. The van der Waals surface area contributed by atoms with Crippen LogP contribution in [-0.4, -0.2) is 34.5 Å². The summed E-state index contributed by atoms with van der Waals surface area (Å²) in [5.41, 5.74) is 7.34. The molecule has 0 aliphatic rings. The van der Waals surface area contributed by atoms with Gasteiger partial charge >= 0.3 is 0 Å². The molecule has 2 aromatic rings. The summed E-state index contributed by atoms with van der Waals surface area (Å²) in [5.74, 6) is 0. The normalized spacial score (nSPS) is 12.7. The van der Waals surface area contributed by atoms with E-state index in [2.05, 4.69) is 100 Å². The van der Waals surface area contributed by atoms with Crippen LogP contribution < -0.4 is 0 Å². The number of aromatic nitrogens is 2. The molecule has 0 saturated carbocycles. The number of nitrogens with zero attached hydrogens (tertiary/aromatic N) is 4. The highest BCUT2D eigenvalue weighted by atomic mass is 15.3. The van der Waals surface area contributed by atoms with Crippen LogP contribution in [0.3, 0.4) is 0 Å². The minimum Gasteiger partial charge on any atom is -0.381 e. The Morgan fingerprint density at radius 2 is 1.91 bits per heavy atom. The van der Waals surface area contributed by atoms with Crippen molar-refractivity contribution in [1.82, 2.24) is 14.7 Å². The Morgan fingerprint density at radius 1 is 1.17 bits per heavy atom. The maximum Gasteiger partial charge on any atom is 0.100 e. The lowest BCUT2D eigenvalue weighted by molar-refractivity contribution is 0.212. The van der Waals surface area contributed by atoms with Crippen molar-refractivity contribution >= 4 is 11.8 Å². The van der Waals surface area contributed by atoms with E-state index in [0.717, 1.165) is 50.9 Å². The molecule has 0 N–H and O–H groups in total. The summed E-state index contributed by atoms with van der Waals surface area (Å²) >= 11 is 0.